The van der Waals surface area contributed by atoms with Crippen LogP contribution in [-0.2, 0) is 0 Å². The van der Waals surface area contributed by atoms with Crippen molar-refractivity contribution in [3.05, 3.63) is 64.2 Å². The second-order valence-corrected chi connectivity index (χ2v) is 4.49. The SMILES string of the molecule is O=C(Nc1cc(F)ccc1C(=O)O)c1ccc(Cl)c(F)c1. The Balaban J connectivity index is 2.33. The molecule has 7 heteroatoms. The van der Waals surface area contributed by atoms with E-state index in [9.17, 15) is 18.4 Å². The van der Waals surface area contributed by atoms with Crippen LogP contribution >= 0.6 is 11.6 Å². The quantitative estimate of drug-likeness (QED) is 0.910. The maximum absolute atomic E-state index is 13.3. The normalized spacial score (nSPS) is 10.2. The Morgan fingerprint density at radius 3 is 2.43 bits per heavy atom. The van der Waals surface area contributed by atoms with Crippen LogP contribution in [0.15, 0.2) is 36.4 Å². The maximum Gasteiger partial charge on any atom is 0.337 e. The molecule has 0 fully saturated rings. The van der Waals surface area contributed by atoms with Crippen LogP contribution in [-0.4, -0.2) is 17.0 Å². The number of nitrogens with one attached hydrogen (secondary N) is 1. The lowest BCUT2D eigenvalue weighted by Crippen LogP contribution is -2.15. The lowest BCUT2D eigenvalue weighted by Gasteiger charge is -2.09. The molecule has 0 unspecified atom stereocenters. The first-order valence-corrected chi connectivity index (χ1v) is 6.05. The standard InChI is InChI=1S/C14H8ClF2NO3/c15-10-4-1-7(5-11(10)17)13(19)18-12-6-8(16)2-3-9(12)14(20)21/h1-6H,(H,18,19)(H,20,21). The Morgan fingerprint density at radius 2 is 1.81 bits per heavy atom. The molecule has 0 bridgehead atoms. The van der Waals surface area contributed by atoms with Crippen molar-refractivity contribution in [1.29, 1.82) is 0 Å². The monoisotopic (exact) mass is 311 g/mol. The van der Waals surface area contributed by atoms with Gasteiger partial charge in [0.15, 0.2) is 0 Å². The van der Waals surface area contributed by atoms with E-state index < -0.39 is 23.5 Å². The summed E-state index contributed by atoms with van der Waals surface area (Å²) in [6.45, 7) is 0. The van der Waals surface area contributed by atoms with E-state index in [1.54, 1.807) is 0 Å². The number of carbonyl (C=O) groups excluding carboxylic acids is 1. The molecule has 0 radical (unpaired) electrons. The Bertz CT molecular complexity index is 734. The molecule has 2 aromatic carbocycles. The average Bonchev–Trinajstić information content (AvgIpc) is 2.41. The van der Waals surface area contributed by atoms with E-state index in [2.05, 4.69) is 5.32 Å². The molecule has 0 aliphatic heterocycles. The number of aromatic carboxylic acids is 1. The van der Waals surface area contributed by atoms with Crippen molar-refractivity contribution in [2.45, 2.75) is 0 Å². The molecule has 1 amide bonds. The van der Waals surface area contributed by atoms with Crippen molar-refractivity contribution in [2.24, 2.45) is 0 Å². The predicted molar refractivity (Wildman–Crippen MR) is 72.7 cm³/mol. The molecule has 0 heterocycles. The first-order chi connectivity index (χ1) is 9.88. The van der Waals surface area contributed by atoms with E-state index in [1.165, 1.54) is 12.1 Å². The molecule has 2 aromatic rings. The summed E-state index contributed by atoms with van der Waals surface area (Å²) >= 11 is 5.50. The Labute approximate surface area is 123 Å². The van der Waals surface area contributed by atoms with Gasteiger partial charge in [-0.3, -0.25) is 4.79 Å². The van der Waals surface area contributed by atoms with Crippen LogP contribution in [0.2, 0.25) is 5.02 Å². The summed E-state index contributed by atoms with van der Waals surface area (Å²) in [5.74, 6) is -3.61. The molecule has 0 saturated heterocycles. The van der Waals surface area contributed by atoms with Crippen molar-refractivity contribution < 1.29 is 23.5 Å². The van der Waals surface area contributed by atoms with Gasteiger partial charge in [-0.2, -0.15) is 0 Å². The molecule has 0 spiro atoms. The number of carboxylic acids is 1. The first-order valence-electron chi connectivity index (χ1n) is 5.67. The van der Waals surface area contributed by atoms with Gasteiger partial charge in [0, 0.05) is 5.56 Å². The minimum atomic E-state index is -1.33. The molecule has 108 valence electrons. The molecular formula is C14H8ClF2NO3. The second kappa shape index (κ2) is 5.88. The van der Waals surface area contributed by atoms with Gasteiger partial charge < -0.3 is 10.4 Å². The van der Waals surface area contributed by atoms with Crippen LogP contribution in [0.3, 0.4) is 0 Å². The third kappa shape index (κ3) is 3.35. The van der Waals surface area contributed by atoms with Gasteiger partial charge >= 0.3 is 5.97 Å². The van der Waals surface area contributed by atoms with Crippen LogP contribution in [0.4, 0.5) is 14.5 Å². The lowest BCUT2D eigenvalue weighted by molar-refractivity contribution is 0.0698. The molecule has 0 aliphatic rings. The van der Waals surface area contributed by atoms with Gasteiger partial charge in [-0.15, -0.1) is 0 Å². The largest absolute Gasteiger partial charge is 0.478 e. The molecule has 4 nitrogen and oxygen atoms in total. The molecule has 0 atom stereocenters. The fraction of sp³-hybridized carbons (Fsp3) is 0. The highest BCUT2D eigenvalue weighted by molar-refractivity contribution is 6.30. The summed E-state index contributed by atoms with van der Waals surface area (Å²) in [6, 6.07) is 6.21. The third-order valence-electron chi connectivity index (χ3n) is 2.64. The third-order valence-corrected chi connectivity index (χ3v) is 2.95. The number of rotatable bonds is 3. The highest BCUT2D eigenvalue weighted by Gasteiger charge is 2.15. The fourth-order valence-electron chi connectivity index (χ4n) is 1.64. The van der Waals surface area contributed by atoms with Crippen LogP contribution in [0.5, 0.6) is 0 Å². The van der Waals surface area contributed by atoms with E-state index in [0.717, 1.165) is 24.3 Å². The van der Waals surface area contributed by atoms with Crippen molar-refractivity contribution >= 4 is 29.2 Å². The molecule has 2 N–H and O–H groups in total. The van der Waals surface area contributed by atoms with E-state index in [1.807, 2.05) is 0 Å². The van der Waals surface area contributed by atoms with Crippen molar-refractivity contribution in [1.82, 2.24) is 0 Å². The molecule has 0 aromatic heterocycles. The van der Waals surface area contributed by atoms with Crippen LogP contribution in [0.1, 0.15) is 20.7 Å². The lowest BCUT2D eigenvalue weighted by atomic mass is 10.1. The first kappa shape index (κ1) is 14.9. The van der Waals surface area contributed by atoms with Crippen LogP contribution in [0.25, 0.3) is 0 Å². The number of carboxylic acid groups (broad SMARTS) is 1. The van der Waals surface area contributed by atoms with E-state index >= 15 is 0 Å². The van der Waals surface area contributed by atoms with E-state index in [0.29, 0.717) is 0 Å². The van der Waals surface area contributed by atoms with Gasteiger partial charge in [-0.25, -0.2) is 13.6 Å². The Hall–Kier alpha value is -2.47. The highest BCUT2D eigenvalue weighted by atomic mass is 35.5. The number of amides is 1. The summed E-state index contributed by atoms with van der Waals surface area (Å²) in [7, 11) is 0. The second-order valence-electron chi connectivity index (χ2n) is 4.08. The van der Waals surface area contributed by atoms with E-state index in [-0.39, 0.29) is 21.8 Å². The maximum atomic E-state index is 13.3. The summed E-state index contributed by atoms with van der Waals surface area (Å²) < 4.78 is 26.4. The number of carbonyl (C=O) groups is 2. The van der Waals surface area contributed by atoms with Crippen LogP contribution < -0.4 is 5.32 Å². The summed E-state index contributed by atoms with van der Waals surface area (Å²) in [5, 5.41) is 11.0. The number of anilines is 1. The van der Waals surface area contributed by atoms with Crippen LogP contribution in [0, 0.1) is 11.6 Å². The number of benzene rings is 2. The molecule has 21 heavy (non-hydrogen) atoms. The van der Waals surface area contributed by atoms with Gasteiger partial charge in [0.25, 0.3) is 5.91 Å². The smallest absolute Gasteiger partial charge is 0.337 e. The number of halogens is 3. The summed E-state index contributed by atoms with van der Waals surface area (Å²) in [4.78, 5) is 22.9. The van der Waals surface area contributed by atoms with Crippen molar-refractivity contribution in [3.8, 4) is 0 Å². The Kier molecular flexibility index (Phi) is 4.18. The summed E-state index contributed by atoms with van der Waals surface area (Å²) in [6.07, 6.45) is 0. The average molecular weight is 312 g/mol. The molecule has 0 saturated carbocycles. The van der Waals surface area contributed by atoms with E-state index in [4.69, 9.17) is 16.7 Å². The van der Waals surface area contributed by atoms with Gasteiger partial charge in [-0.05, 0) is 36.4 Å². The predicted octanol–water partition coefficient (Wildman–Crippen LogP) is 3.57. The van der Waals surface area contributed by atoms with Gasteiger partial charge in [0.2, 0.25) is 0 Å². The molecule has 0 aliphatic carbocycles. The number of hydrogen-bond acceptors (Lipinski definition) is 2. The van der Waals surface area contributed by atoms with Gasteiger partial charge in [0.1, 0.15) is 11.6 Å². The minimum absolute atomic E-state index is 0.0718. The number of hydrogen-bond donors (Lipinski definition) is 2. The summed E-state index contributed by atoms with van der Waals surface area (Å²) in [5.41, 5.74) is -0.570. The fourth-order valence-corrected chi connectivity index (χ4v) is 1.76. The van der Waals surface area contributed by atoms with Gasteiger partial charge in [0.05, 0.1) is 16.3 Å². The highest BCUT2D eigenvalue weighted by Crippen LogP contribution is 2.20. The van der Waals surface area contributed by atoms with Crippen molar-refractivity contribution in [3.63, 3.8) is 0 Å². The Morgan fingerprint density at radius 1 is 1.10 bits per heavy atom. The topological polar surface area (TPSA) is 66.4 Å². The zero-order valence-electron chi connectivity index (χ0n) is 10.4. The molecule has 2 rings (SSSR count). The minimum Gasteiger partial charge on any atom is -0.478 e. The molecular weight excluding hydrogens is 304 g/mol. The van der Waals surface area contributed by atoms with Gasteiger partial charge in [-0.1, -0.05) is 11.6 Å². The van der Waals surface area contributed by atoms with Crippen molar-refractivity contribution in [2.75, 3.05) is 5.32 Å². The zero-order chi connectivity index (χ0) is 15.6. The zero-order valence-corrected chi connectivity index (χ0v) is 11.1.